The van der Waals surface area contributed by atoms with Crippen LogP contribution in [-0.4, -0.2) is 39.5 Å². The van der Waals surface area contributed by atoms with Crippen LogP contribution in [0.2, 0.25) is 0 Å². The number of carbonyl (C=O) groups excluding carboxylic acids is 2. The van der Waals surface area contributed by atoms with Crippen molar-refractivity contribution in [3.8, 4) is 0 Å². The first-order valence-corrected chi connectivity index (χ1v) is 5.88. The normalized spacial score (nSPS) is 18.7. The Morgan fingerprint density at radius 1 is 1.32 bits per heavy atom. The van der Waals surface area contributed by atoms with Gasteiger partial charge in [-0.15, -0.1) is 0 Å². The lowest BCUT2D eigenvalue weighted by Crippen LogP contribution is -2.37. The second-order valence-corrected chi connectivity index (χ2v) is 4.36. The molecule has 1 aliphatic heterocycles. The topological polar surface area (TPSA) is 72.4 Å². The lowest BCUT2D eigenvalue weighted by atomic mass is 10.1. The summed E-state index contributed by atoms with van der Waals surface area (Å²) in [6.07, 6.45) is 2.55. The largest absolute Gasteiger partial charge is 0.447 e. The van der Waals surface area contributed by atoms with Gasteiger partial charge in [0.1, 0.15) is 6.61 Å². The molecule has 0 N–H and O–H groups in total. The van der Waals surface area contributed by atoms with Gasteiger partial charge in [-0.3, -0.25) is 14.8 Å². The molecule has 1 aliphatic rings. The molecular formula is C13H11N3O3. The smallest absolute Gasteiger partial charge is 0.417 e. The van der Waals surface area contributed by atoms with Crippen LogP contribution in [0.15, 0.2) is 30.6 Å². The van der Waals surface area contributed by atoms with Crippen LogP contribution in [0, 0.1) is 0 Å². The number of cyclic esters (lactones) is 1. The van der Waals surface area contributed by atoms with E-state index in [0.717, 1.165) is 4.90 Å². The number of amides is 2. The maximum absolute atomic E-state index is 12.3. The van der Waals surface area contributed by atoms with Crippen molar-refractivity contribution in [1.82, 2.24) is 14.9 Å². The number of hydrogen-bond donors (Lipinski definition) is 0. The number of carbonyl (C=O) groups is 2. The van der Waals surface area contributed by atoms with Gasteiger partial charge in [0.25, 0.3) is 5.91 Å². The standard InChI is InChI=1S/C13H11N3O3/c1-8-7-19-13(18)16(8)12(17)9-2-3-10-11(6-9)15-5-4-14-10/h2-6,8H,7H2,1H3. The van der Waals surface area contributed by atoms with Crippen molar-refractivity contribution in [3.05, 3.63) is 36.2 Å². The number of aromatic nitrogens is 2. The summed E-state index contributed by atoms with van der Waals surface area (Å²) in [4.78, 5) is 33.2. The first-order valence-electron chi connectivity index (χ1n) is 5.88. The van der Waals surface area contributed by atoms with Crippen LogP contribution < -0.4 is 0 Å². The van der Waals surface area contributed by atoms with E-state index in [1.54, 1.807) is 37.5 Å². The zero-order chi connectivity index (χ0) is 13.4. The second-order valence-electron chi connectivity index (χ2n) is 4.36. The molecular weight excluding hydrogens is 246 g/mol. The Bertz CT molecular complexity index is 671. The van der Waals surface area contributed by atoms with Crippen molar-refractivity contribution in [2.75, 3.05) is 6.61 Å². The van der Waals surface area contributed by atoms with Gasteiger partial charge in [-0.25, -0.2) is 9.69 Å². The number of benzene rings is 1. The Labute approximate surface area is 109 Å². The molecule has 2 amide bonds. The van der Waals surface area contributed by atoms with Gasteiger partial charge in [-0.2, -0.15) is 0 Å². The summed E-state index contributed by atoms with van der Waals surface area (Å²) in [5.74, 6) is -0.373. The van der Waals surface area contributed by atoms with Crippen LogP contribution in [0.4, 0.5) is 4.79 Å². The molecule has 3 rings (SSSR count). The van der Waals surface area contributed by atoms with Crippen molar-refractivity contribution in [2.45, 2.75) is 13.0 Å². The summed E-state index contributed by atoms with van der Waals surface area (Å²) in [5, 5.41) is 0. The lowest BCUT2D eigenvalue weighted by Gasteiger charge is -2.15. The van der Waals surface area contributed by atoms with Crippen molar-refractivity contribution >= 4 is 23.0 Å². The van der Waals surface area contributed by atoms with E-state index in [1.807, 2.05) is 0 Å². The lowest BCUT2D eigenvalue weighted by molar-refractivity contribution is 0.0782. The molecule has 6 nitrogen and oxygen atoms in total. The van der Waals surface area contributed by atoms with Crippen LogP contribution in [-0.2, 0) is 4.74 Å². The van der Waals surface area contributed by atoms with Gasteiger partial charge in [-0.05, 0) is 25.1 Å². The van der Waals surface area contributed by atoms with E-state index in [0.29, 0.717) is 16.6 Å². The molecule has 0 spiro atoms. The van der Waals surface area contributed by atoms with Gasteiger partial charge in [0, 0.05) is 18.0 Å². The third-order valence-corrected chi connectivity index (χ3v) is 3.02. The molecule has 1 unspecified atom stereocenters. The molecule has 19 heavy (non-hydrogen) atoms. The van der Waals surface area contributed by atoms with Gasteiger partial charge in [0.15, 0.2) is 0 Å². The van der Waals surface area contributed by atoms with Crippen molar-refractivity contribution in [1.29, 1.82) is 0 Å². The number of nitrogens with zero attached hydrogens (tertiary/aromatic N) is 3. The Morgan fingerprint density at radius 2 is 2.05 bits per heavy atom. The minimum atomic E-state index is -0.600. The molecule has 1 aromatic heterocycles. The SMILES string of the molecule is CC1COC(=O)N1C(=O)c1ccc2nccnc2c1. The predicted molar refractivity (Wildman–Crippen MR) is 66.5 cm³/mol. The average molecular weight is 257 g/mol. The molecule has 1 atom stereocenters. The summed E-state index contributed by atoms with van der Waals surface area (Å²) in [7, 11) is 0. The van der Waals surface area contributed by atoms with Gasteiger partial charge in [0.05, 0.1) is 17.1 Å². The molecule has 0 radical (unpaired) electrons. The van der Waals surface area contributed by atoms with Crippen LogP contribution in [0.3, 0.4) is 0 Å². The monoisotopic (exact) mass is 257 g/mol. The molecule has 1 saturated heterocycles. The van der Waals surface area contributed by atoms with E-state index in [9.17, 15) is 9.59 Å². The van der Waals surface area contributed by atoms with Crippen LogP contribution in [0.5, 0.6) is 0 Å². The summed E-state index contributed by atoms with van der Waals surface area (Å²) < 4.78 is 4.85. The quantitative estimate of drug-likeness (QED) is 0.776. The van der Waals surface area contributed by atoms with Crippen LogP contribution >= 0.6 is 0 Å². The van der Waals surface area contributed by atoms with Gasteiger partial charge in [0.2, 0.25) is 0 Å². The van der Waals surface area contributed by atoms with E-state index in [4.69, 9.17) is 4.74 Å². The zero-order valence-corrected chi connectivity index (χ0v) is 10.2. The van der Waals surface area contributed by atoms with E-state index in [1.165, 1.54) is 0 Å². The summed E-state index contributed by atoms with van der Waals surface area (Å²) in [6.45, 7) is 2.00. The molecule has 6 heteroatoms. The summed E-state index contributed by atoms with van der Waals surface area (Å²) in [6, 6.07) is 4.72. The molecule has 2 heterocycles. The van der Waals surface area contributed by atoms with Gasteiger partial charge >= 0.3 is 6.09 Å². The zero-order valence-electron chi connectivity index (χ0n) is 10.2. The second kappa shape index (κ2) is 4.31. The van der Waals surface area contributed by atoms with Gasteiger partial charge in [-0.1, -0.05) is 0 Å². The van der Waals surface area contributed by atoms with Crippen LogP contribution in [0.1, 0.15) is 17.3 Å². The predicted octanol–water partition coefficient (Wildman–Crippen LogP) is 1.61. The molecule has 1 aromatic carbocycles. The fourth-order valence-corrected chi connectivity index (χ4v) is 2.03. The van der Waals surface area contributed by atoms with Crippen molar-refractivity contribution < 1.29 is 14.3 Å². The van der Waals surface area contributed by atoms with E-state index >= 15 is 0 Å². The van der Waals surface area contributed by atoms with E-state index in [-0.39, 0.29) is 18.6 Å². The number of rotatable bonds is 1. The Morgan fingerprint density at radius 3 is 2.74 bits per heavy atom. The highest BCUT2D eigenvalue weighted by Gasteiger charge is 2.35. The molecule has 0 saturated carbocycles. The third-order valence-electron chi connectivity index (χ3n) is 3.02. The Kier molecular flexibility index (Phi) is 2.63. The fraction of sp³-hybridized carbons (Fsp3) is 0.231. The van der Waals surface area contributed by atoms with E-state index < -0.39 is 6.09 Å². The fourth-order valence-electron chi connectivity index (χ4n) is 2.03. The first-order chi connectivity index (χ1) is 9.16. The van der Waals surface area contributed by atoms with E-state index in [2.05, 4.69) is 9.97 Å². The minimum absolute atomic E-state index is 0.234. The average Bonchev–Trinajstić information content (AvgIpc) is 2.77. The van der Waals surface area contributed by atoms with Gasteiger partial charge < -0.3 is 4.74 Å². The summed E-state index contributed by atoms with van der Waals surface area (Å²) in [5.41, 5.74) is 1.73. The number of fused-ring (bicyclic) bond motifs is 1. The molecule has 1 fully saturated rings. The Hall–Kier alpha value is -2.50. The minimum Gasteiger partial charge on any atom is -0.447 e. The first kappa shape index (κ1) is 11.6. The highest BCUT2D eigenvalue weighted by Crippen LogP contribution is 2.18. The number of imide groups is 1. The maximum Gasteiger partial charge on any atom is 0.417 e. The maximum atomic E-state index is 12.3. The van der Waals surface area contributed by atoms with Crippen molar-refractivity contribution in [3.63, 3.8) is 0 Å². The molecule has 96 valence electrons. The van der Waals surface area contributed by atoms with Crippen LogP contribution in [0.25, 0.3) is 11.0 Å². The number of hydrogen-bond acceptors (Lipinski definition) is 5. The number of ether oxygens (including phenoxy) is 1. The molecule has 0 aliphatic carbocycles. The third kappa shape index (κ3) is 1.91. The highest BCUT2D eigenvalue weighted by atomic mass is 16.6. The molecule has 2 aromatic rings. The highest BCUT2D eigenvalue weighted by molar-refractivity contribution is 6.05. The Balaban J connectivity index is 1.99. The van der Waals surface area contributed by atoms with Crippen molar-refractivity contribution in [2.24, 2.45) is 0 Å². The summed E-state index contributed by atoms with van der Waals surface area (Å²) >= 11 is 0. The molecule has 0 bridgehead atoms.